The van der Waals surface area contributed by atoms with Gasteiger partial charge in [0.15, 0.2) is 5.96 Å². The van der Waals surface area contributed by atoms with E-state index in [0.29, 0.717) is 24.7 Å². The van der Waals surface area contributed by atoms with Crippen LogP contribution in [-0.2, 0) is 20.1 Å². The normalized spacial score (nSPS) is 11.7. The molecule has 7 nitrogen and oxygen atoms in total. The maximum atomic E-state index is 14.5. The maximum Gasteiger partial charge on any atom is 0.191 e. The van der Waals surface area contributed by atoms with Crippen LogP contribution in [0.3, 0.4) is 0 Å². The van der Waals surface area contributed by atoms with Crippen LogP contribution in [0.15, 0.2) is 35.6 Å². The Hall–Kier alpha value is -3.16. The quantitative estimate of drug-likeness (QED) is 0.525. The lowest BCUT2D eigenvalue weighted by molar-refractivity contribution is 0.613. The number of imidazole rings is 1. The minimum absolute atomic E-state index is 0.287. The molecule has 28 heavy (non-hydrogen) atoms. The summed E-state index contributed by atoms with van der Waals surface area (Å²) < 4.78 is 18.1. The van der Waals surface area contributed by atoms with Gasteiger partial charge in [-0.1, -0.05) is 6.07 Å². The van der Waals surface area contributed by atoms with Crippen molar-refractivity contribution in [2.24, 2.45) is 12.0 Å². The predicted molar refractivity (Wildman–Crippen MR) is 108 cm³/mol. The summed E-state index contributed by atoms with van der Waals surface area (Å²) in [6.07, 6.45) is 3.41. The Balaban J connectivity index is 1.62. The Morgan fingerprint density at radius 3 is 2.50 bits per heavy atom. The van der Waals surface area contributed by atoms with E-state index in [9.17, 15) is 4.39 Å². The molecule has 0 atom stereocenters. The number of aromatic nitrogens is 4. The predicted octanol–water partition coefficient (Wildman–Crippen LogP) is 2.54. The van der Waals surface area contributed by atoms with Gasteiger partial charge in [0.05, 0.1) is 11.4 Å². The second kappa shape index (κ2) is 8.24. The van der Waals surface area contributed by atoms with Crippen LogP contribution in [0.5, 0.6) is 0 Å². The first-order valence-electron chi connectivity index (χ1n) is 9.13. The summed E-state index contributed by atoms with van der Waals surface area (Å²) in [6.45, 7) is 6.96. The third-order valence-electron chi connectivity index (χ3n) is 4.87. The van der Waals surface area contributed by atoms with Gasteiger partial charge in [-0.15, -0.1) is 0 Å². The zero-order valence-electron chi connectivity index (χ0n) is 16.9. The van der Waals surface area contributed by atoms with Crippen molar-refractivity contribution < 1.29 is 4.39 Å². The standard InChI is InChI=1S/C20H26FN7/c1-13-17(14(2)27(5)26-13)12-25-20(22-4)24-11-16-6-7-19(18(21)10-16)28-9-8-23-15(28)3/h6-10H,11-12H2,1-5H3,(H2,22,24,25). The van der Waals surface area contributed by atoms with Crippen LogP contribution in [0, 0.1) is 26.6 Å². The Bertz CT molecular complexity index is 1000. The summed E-state index contributed by atoms with van der Waals surface area (Å²) in [5.74, 6) is 1.11. The zero-order valence-corrected chi connectivity index (χ0v) is 16.9. The zero-order chi connectivity index (χ0) is 20.3. The number of aryl methyl sites for hydroxylation is 3. The molecule has 8 heteroatoms. The fourth-order valence-electron chi connectivity index (χ4n) is 3.14. The molecule has 0 aliphatic carbocycles. The van der Waals surface area contributed by atoms with Crippen molar-refractivity contribution >= 4 is 5.96 Å². The van der Waals surface area contributed by atoms with Crippen molar-refractivity contribution in [2.45, 2.75) is 33.9 Å². The summed E-state index contributed by atoms with van der Waals surface area (Å²) in [5.41, 5.74) is 4.58. The van der Waals surface area contributed by atoms with Gasteiger partial charge in [0.25, 0.3) is 0 Å². The van der Waals surface area contributed by atoms with E-state index < -0.39 is 0 Å². The molecule has 0 bridgehead atoms. The van der Waals surface area contributed by atoms with Gasteiger partial charge in [0, 0.05) is 50.8 Å². The Kier molecular flexibility index (Phi) is 5.77. The molecule has 2 aromatic heterocycles. The first-order chi connectivity index (χ1) is 13.4. The monoisotopic (exact) mass is 383 g/mol. The van der Waals surface area contributed by atoms with Gasteiger partial charge >= 0.3 is 0 Å². The third kappa shape index (κ3) is 4.05. The van der Waals surface area contributed by atoms with Crippen LogP contribution in [0.25, 0.3) is 5.69 Å². The van der Waals surface area contributed by atoms with E-state index in [4.69, 9.17) is 0 Å². The smallest absolute Gasteiger partial charge is 0.191 e. The van der Waals surface area contributed by atoms with Crippen LogP contribution < -0.4 is 10.6 Å². The van der Waals surface area contributed by atoms with Crippen molar-refractivity contribution in [2.75, 3.05) is 7.05 Å². The molecule has 0 fully saturated rings. The highest BCUT2D eigenvalue weighted by molar-refractivity contribution is 5.79. The topological polar surface area (TPSA) is 72.1 Å². The van der Waals surface area contributed by atoms with Crippen molar-refractivity contribution in [3.05, 3.63) is 64.7 Å². The molecular formula is C20H26FN7. The number of benzene rings is 1. The van der Waals surface area contributed by atoms with Gasteiger partial charge < -0.3 is 15.2 Å². The van der Waals surface area contributed by atoms with E-state index in [0.717, 1.165) is 28.3 Å². The minimum atomic E-state index is -0.287. The molecule has 0 aliphatic heterocycles. The Labute approximate surface area is 164 Å². The minimum Gasteiger partial charge on any atom is -0.352 e. The average Bonchev–Trinajstić information content (AvgIpc) is 3.19. The summed E-state index contributed by atoms with van der Waals surface area (Å²) in [6, 6.07) is 5.19. The molecule has 2 N–H and O–H groups in total. The second-order valence-corrected chi connectivity index (χ2v) is 6.68. The summed E-state index contributed by atoms with van der Waals surface area (Å²) in [7, 11) is 3.65. The summed E-state index contributed by atoms with van der Waals surface area (Å²) >= 11 is 0. The first-order valence-corrected chi connectivity index (χ1v) is 9.13. The molecule has 0 spiro atoms. The lowest BCUT2D eigenvalue weighted by Gasteiger charge is -2.13. The Morgan fingerprint density at radius 2 is 1.93 bits per heavy atom. The Morgan fingerprint density at radius 1 is 1.18 bits per heavy atom. The fourth-order valence-corrected chi connectivity index (χ4v) is 3.14. The van der Waals surface area contributed by atoms with Gasteiger partial charge in [-0.2, -0.15) is 5.10 Å². The highest BCUT2D eigenvalue weighted by Crippen LogP contribution is 2.17. The SMILES string of the molecule is CN=C(NCc1ccc(-n2ccnc2C)c(F)c1)NCc1c(C)nn(C)c1C. The van der Waals surface area contributed by atoms with Crippen LogP contribution in [0.1, 0.15) is 28.3 Å². The fraction of sp³-hybridized carbons (Fsp3) is 0.350. The third-order valence-corrected chi connectivity index (χ3v) is 4.87. The number of nitrogens with one attached hydrogen (secondary N) is 2. The van der Waals surface area contributed by atoms with E-state index in [2.05, 4.69) is 25.7 Å². The van der Waals surface area contributed by atoms with E-state index in [1.807, 2.05) is 38.6 Å². The lowest BCUT2D eigenvalue weighted by Crippen LogP contribution is -2.36. The van der Waals surface area contributed by atoms with Gasteiger partial charge in [-0.3, -0.25) is 9.67 Å². The molecule has 2 heterocycles. The van der Waals surface area contributed by atoms with E-state index >= 15 is 0 Å². The van der Waals surface area contributed by atoms with Crippen molar-refractivity contribution in [1.29, 1.82) is 0 Å². The van der Waals surface area contributed by atoms with Crippen LogP contribution in [0.4, 0.5) is 4.39 Å². The number of nitrogens with zero attached hydrogens (tertiary/aromatic N) is 5. The number of aliphatic imine (C=N–C) groups is 1. The summed E-state index contributed by atoms with van der Waals surface area (Å²) in [4.78, 5) is 8.38. The molecule has 0 amide bonds. The molecular weight excluding hydrogens is 357 g/mol. The van der Waals surface area contributed by atoms with E-state index in [-0.39, 0.29) is 5.82 Å². The van der Waals surface area contributed by atoms with Crippen molar-refractivity contribution in [3.63, 3.8) is 0 Å². The van der Waals surface area contributed by atoms with Crippen molar-refractivity contribution in [1.82, 2.24) is 30.0 Å². The van der Waals surface area contributed by atoms with Crippen LogP contribution in [-0.4, -0.2) is 32.3 Å². The van der Waals surface area contributed by atoms with E-state index in [1.165, 1.54) is 6.07 Å². The molecule has 0 unspecified atom stereocenters. The van der Waals surface area contributed by atoms with Gasteiger partial charge in [0.2, 0.25) is 0 Å². The number of rotatable bonds is 5. The number of halogens is 1. The van der Waals surface area contributed by atoms with Gasteiger partial charge in [-0.25, -0.2) is 9.37 Å². The molecule has 1 aromatic carbocycles. The molecule has 148 valence electrons. The first kappa shape index (κ1) is 19.6. The van der Waals surface area contributed by atoms with Crippen LogP contribution in [0.2, 0.25) is 0 Å². The average molecular weight is 383 g/mol. The number of hydrogen-bond acceptors (Lipinski definition) is 3. The second-order valence-electron chi connectivity index (χ2n) is 6.68. The highest BCUT2D eigenvalue weighted by atomic mass is 19.1. The largest absolute Gasteiger partial charge is 0.352 e. The lowest BCUT2D eigenvalue weighted by atomic mass is 10.2. The number of guanidine groups is 1. The number of hydrogen-bond donors (Lipinski definition) is 2. The molecule has 0 radical (unpaired) electrons. The molecule has 3 aromatic rings. The van der Waals surface area contributed by atoms with Crippen molar-refractivity contribution in [3.8, 4) is 5.69 Å². The molecule has 0 aliphatic rings. The maximum absolute atomic E-state index is 14.5. The van der Waals surface area contributed by atoms with Crippen LogP contribution >= 0.6 is 0 Å². The van der Waals surface area contributed by atoms with Gasteiger partial charge in [0.1, 0.15) is 11.6 Å². The van der Waals surface area contributed by atoms with Gasteiger partial charge in [-0.05, 0) is 38.5 Å². The highest BCUT2D eigenvalue weighted by Gasteiger charge is 2.11. The molecule has 0 saturated heterocycles. The summed E-state index contributed by atoms with van der Waals surface area (Å²) in [5, 5.41) is 10.9. The molecule has 0 saturated carbocycles. The van der Waals surface area contributed by atoms with E-state index in [1.54, 1.807) is 30.1 Å². The molecule has 3 rings (SSSR count).